The highest BCUT2D eigenvalue weighted by atomic mass is 35.5. The van der Waals surface area contributed by atoms with Gasteiger partial charge < -0.3 is 15.5 Å². The second-order valence-corrected chi connectivity index (χ2v) is 7.48. The fraction of sp³-hybridized carbons (Fsp3) is 0.583. The number of nitrogens with two attached hydrogens (primary N) is 1. The van der Waals surface area contributed by atoms with Gasteiger partial charge in [-0.2, -0.15) is 0 Å². The van der Waals surface area contributed by atoms with E-state index in [0.717, 1.165) is 4.31 Å². The Morgan fingerprint density at radius 3 is 2.38 bits per heavy atom. The minimum absolute atomic E-state index is 0. The second kappa shape index (κ2) is 6.78. The van der Waals surface area contributed by atoms with Crippen LogP contribution in [0.15, 0.2) is 15.4 Å². The van der Waals surface area contributed by atoms with Gasteiger partial charge in [0.15, 0.2) is 5.76 Å². The van der Waals surface area contributed by atoms with Crippen LogP contribution < -0.4 is 11.1 Å². The molecule has 0 saturated carbocycles. The first-order valence-corrected chi connectivity index (χ1v) is 7.51. The monoisotopic (exact) mass is 339 g/mol. The average Bonchev–Trinajstić information content (AvgIpc) is 2.71. The van der Waals surface area contributed by atoms with Gasteiger partial charge in [0.2, 0.25) is 10.0 Å². The molecule has 1 rings (SSSR count). The smallest absolute Gasteiger partial charge is 0.287 e. The first-order valence-electron chi connectivity index (χ1n) is 6.07. The molecule has 7 nitrogen and oxygen atoms in total. The molecule has 0 fully saturated rings. The van der Waals surface area contributed by atoms with E-state index in [1.54, 1.807) is 13.8 Å². The minimum Gasteiger partial charge on any atom is -0.455 e. The summed E-state index contributed by atoms with van der Waals surface area (Å²) in [6.45, 7) is 5.28. The van der Waals surface area contributed by atoms with E-state index in [1.165, 1.54) is 27.1 Å². The maximum Gasteiger partial charge on any atom is 0.287 e. The zero-order chi connectivity index (χ0) is 15.7. The molecule has 3 N–H and O–H groups in total. The van der Waals surface area contributed by atoms with E-state index in [1.807, 2.05) is 0 Å². The SMILES string of the molecule is Cc1oc(C(=O)NC(C)(C)CN)cc1S(=O)(=O)N(C)C.Cl. The summed E-state index contributed by atoms with van der Waals surface area (Å²) in [6.07, 6.45) is 0. The van der Waals surface area contributed by atoms with Gasteiger partial charge in [0.25, 0.3) is 5.91 Å². The Kier molecular flexibility index (Phi) is 6.43. The molecule has 122 valence electrons. The van der Waals surface area contributed by atoms with Crippen LogP contribution >= 0.6 is 12.4 Å². The maximum absolute atomic E-state index is 12.0. The van der Waals surface area contributed by atoms with E-state index in [-0.39, 0.29) is 35.4 Å². The predicted molar refractivity (Wildman–Crippen MR) is 82.2 cm³/mol. The summed E-state index contributed by atoms with van der Waals surface area (Å²) in [4.78, 5) is 12.0. The third kappa shape index (κ3) is 4.44. The van der Waals surface area contributed by atoms with Gasteiger partial charge in [0.05, 0.1) is 0 Å². The van der Waals surface area contributed by atoms with Crippen LogP contribution in [0.25, 0.3) is 0 Å². The van der Waals surface area contributed by atoms with Crippen LogP contribution in [0.2, 0.25) is 0 Å². The third-order valence-electron chi connectivity index (χ3n) is 2.82. The number of carbonyl (C=O) groups excluding carboxylic acids is 1. The predicted octanol–water partition coefficient (Wildman–Crippen LogP) is 0.727. The number of sulfonamides is 1. The van der Waals surface area contributed by atoms with Crippen LogP contribution in [0.5, 0.6) is 0 Å². The number of aryl methyl sites for hydroxylation is 1. The summed E-state index contributed by atoms with van der Waals surface area (Å²) in [6, 6.07) is 1.23. The Morgan fingerprint density at radius 2 is 1.95 bits per heavy atom. The summed E-state index contributed by atoms with van der Waals surface area (Å²) in [5, 5.41) is 2.68. The Bertz CT molecular complexity index is 608. The maximum atomic E-state index is 12.0. The molecule has 1 aromatic heterocycles. The highest BCUT2D eigenvalue weighted by molar-refractivity contribution is 7.89. The Balaban J connectivity index is 0.00000400. The molecule has 0 unspecified atom stereocenters. The summed E-state index contributed by atoms with van der Waals surface area (Å²) >= 11 is 0. The standard InChI is InChI=1S/C12H21N3O4S.ClH/c1-8-10(20(17,18)15(4)5)6-9(19-8)11(16)14-12(2,3)7-13;/h6H,7,13H2,1-5H3,(H,14,16);1H. The van der Waals surface area contributed by atoms with E-state index in [0.29, 0.717) is 0 Å². The van der Waals surface area contributed by atoms with Crippen LogP contribution in [0.3, 0.4) is 0 Å². The molecule has 0 aromatic carbocycles. The first kappa shape index (κ1) is 19.9. The van der Waals surface area contributed by atoms with Crippen LogP contribution in [0, 0.1) is 6.92 Å². The highest BCUT2D eigenvalue weighted by Crippen LogP contribution is 2.22. The molecule has 1 amide bonds. The Morgan fingerprint density at radius 1 is 1.43 bits per heavy atom. The normalized spacial score (nSPS) is 12.1. The van der Waals surface area contributed by atoms with Crippen molar-refractivity contribution < 1.29 is 17.6 Å². The molecule has 0 aliphatic carbocycles. The van der Waals surface area contributed by atoms with Gasteiger partial charge in [-0.25, -0.2) is 12.7 Å². The lowest BCUT2D eigenvalue weighted by atomic mass is 10.1. The summed E-state index contributed by atoms with van der Waals surface area (Å²) in [7, 11) is -0.803. The van der Waals surface area contributed by atoms with Gasteiger partial charge in [-0.1, -0.05) is 0 Å². The van der Waals surface area contributed by atoms with Crippen molar-refractivity contribution >= 4 is 28.3 Å². The van der Waals surface area contributed by atoms with Crippen molar-refractivity contribution in [3.8, 4) is 0 Å². The molecular weight excluding hydrogens is 318 g/mol. The zero-order valence-corrected chi connectivity index (χ0v) is 14.4. The minimum atomic E-state index is -3.63. The Hall–Kier alpha value is -1.09. The summed E-state index contributed by atoms with van der Waals surface area (Å²) in [5.74, 6) is -0.373. The second-order valence-electron chi connectivity index (χ2n) is 5.36. The average molecular weight is 340 g/mol. The van der Waals surface area contributed by atoms with Crippen molar-refractivity contribution in [1.82, 2.24) is 9.62 Å². The van der Waals surface area contributed by atoms with Crippen molar-refractivity contribution in [2.75, 3.05) is 20.6 Å². The summed E-state index contributed by atoms with van der Waals surface area (Å²) < 4.78 is 30.4. The van der Waals surface area contributed by atoms with Crippen molar-refractivity contribution in [2.45, 2.75) is 31.2 Å². The van der Waals surface area contributed by atoms with Crippen molar-refractivity contribution in [1.29, 1.82) is 0 Å². The van der Waals surface area contributed by atoms with Crippen molar-refractivity contribution in [3.63, 3.8) is 0 Å². The van der Waals surface area contributed by atoms with E-state index in [2.05, 4.69) is 5.32 Å². The van der Waals surface area contributed by atoms with Crippen LogP contribution in [0.1, 0.15) is 30.2 Å². The molecule has 0 radical (unpaired) electrons. The number of nitrogens with zero attached hydrogens (tertiary/aromatic N) is 1. The topological polar surface area (TPSA) is 106 Å². The van der Waals surface area contributed by atoms with E-state index < -0.39 is 21.5 Å². The fourth-order valence-electron chi connectivity index (χ4n) is 1.45. The largest absolute Gasteiger partial charge is 0.455 e. The van der Waals surface area contributed by atoms with Gasteiger partial charge >= 0.3 is 0 Å². The van der Waals surface area contributed by atoms with Crippen LogP contribution in [-0.4, -0.2) is 44.8 Å². The highest BCUT2D eigenvalue weighted by Gasteiger charge is 2.27. The molecule has 1 aromatic rings. The lowest BCUT2D eigenvalue weighted by Gasteiger charge is -2.23. The van der Waals surface area contributed by atoms with E-state index in [9.17, 15) is 13.2 Å². The van der Waals surface area contributed by atoms with Gasteiger partial charge in [0, 0.05) is 32.2 Å². The molecular formula is C12H22ClN3O4S. The van der Waals surface area contributed by atoms with Gasteiger partial charge in [-0.05, 0) is 20.8 Å². The number of carbonyl (C=O) groups is 1. The molecule has 1 heterocycles. The van der Waals surface area contributed by atoms with Crippen molar-refractivity contribution in [2.24, 2.45) is 5.73 Å². The lowest BCUT2D eigenvalue weighted by Crippen LogP contribution is -2.48. The molecule has 0 aliphatic heterocycles. The van der Waals surface area contributed by atoms with Gasteiger partial charge in [0.1, 0.15) is 10.7 Å². The molecule has 0 bridgehead atoms. The molecule has 9 heteroatoms. The number of furan rings is 1. The van der Waals surface area contributed by atoms with Crippen molar-refractivity contribution in [3.05, 3.63) is 17.6 Å². The van der Waals surface area contributed by atoms with Gasteiger partial charge in [-0.3, -0.25) is 4.79 Å². The number of nitrogens with one attached hydrogen (secondary N) is 1. The molecule has 21 heavy (non-hydrogen) atoms. The quantitative estimate of drug-likeness (QED) is 0.822. The zero-order valence-electron chi connectivity index (χ0n) is 12.8. The van der Waals surface area contributed by atoms with Crippen LogP contribution in [0.4, 0.5) is 0 Å². The fourth-order valence-corrected chi connectivity index (χ4v) is 2.50. The Labute approximate surface area is 131 Å². The summed E-state index contributed by atoms with van der Waals surface area (Å²) in [5.41, 5.74) is 4.93. The number of amides is 1. The number of hydrogen-bond donors (Lipinski definition) is 2. The molecule has 0 atom stereocenters. The molecule has 0 aliphatic rings. The lowest BCUT2D eigenvalue weighted by molar-refractivity contribution is 0.0886. The van der Waals surface area contributed by atoms with Gasteiger partial charge in [-0.15, -0.1) is 12.4 Å². The molecule has 0 saturated heterocycles. The third-order valence-corrected chi connectivity index (χ3v) is 4.74. The number of halogens is 1. The van der Waals surface area contributed by atoms with E-state index in [4.69, 9.17) is 10.2 Å². The van der Waals surface area contributed by atoms with Crippen LogP contribution in [-0.2, 0) is 10.0 Å². The van der Waals surface area contributed by atoms with E-state index >= 15 is 0 Å². The first-order chi connectivity index (χ1) is 9.01. The molecule has 0 spiro atoms. The number of hydrogen-bond acceptors (Lipinski definition) is 5. The number of rotatable bonds is 5.